The molecule has 1 amide bonds. The minimum Gasteiger partial charge on any atom is -0.382 e. The van der Waals surface area contributed by atoms with E-state index < -0.39 is 24.4 Å². The predicted molar refractivity (Wildman–Crippen MR) is 118 cm³/mol. The Hall–Kier alpha value is -4.75. The van der Waals surface area contributed by atoms with Gasteiger partial charge in [-0.05, 0) is 29.8 Å². The van der Waals surface area contributed by atoms with E-state index in [1.807, 2.05) is 5.32 Å². The predicted octanol–water partition coefficient (Wildman–Crippen LogP) is 3.42. The maximum Gasteiger partial charge on any atom is 0.405 e. The average molecular weight is 485 g/mol. The molecule has 0 bridgehead atoms. The van der Waals surface area contributed by atoms with Gasteiger partial charge in [-0.1, -0.05) is 6.07 Å². The number of hydrogen-bond donors (Lipinski definition) is 4. The van der Waals surface area contributed by atoms with Crippen molar-refractivity contribution < 1.29 is 22.4 Å². The van der Waals surface area contributed by atoms with Crippen molar-refractivity contribution in [2.24, 2.45) is 0 Å². The molecule has 0 aliphatic rings. The van der Waals surface area contributed by atoms with Crippen molar-refractivity contribution in [3.05, 3.63) is 60.4 Å². The molecule has 0 aliphatic carbocycles. The number of amides is 1. The summed E-state index contributed by atoms with van der Waals surface area (Å²) < 4.78 is 54.2. The summed E-state index contributed by atoms with van der Waals surface area (Å²) in [4.78, 5) is 27.8. The number of fused-ring (bicyclic) bond motifs is 2. The van der Waals surface area contributed by atoms with Crippen LogP contribution in [0.4, 0.5) is 35.0 Å². The van der Waals surface area contributed by atoms with Crippen molar-refractivity contribution >= 4 is 40.0 Å². The Morgan fingerprint density at radius 2 is 2.03 bits per heavy atom. The first-order valence-corrected chi connectivity index (χ1v) is 10.0. The number of nitrogens with one attached hydrogen (secondary N) is 3. The highest BCUT2D eigenvalue weighted by atomic mass is 19.4. The second-order valence-electron chi connectivity index (χ2n) is 7.43. The van der Waals surface area contributed by atoms with Crippen LogP contribution in [0.3, 0.4) is 0 Å². The highest BCUT2D eigenvalue weighted by molar-refractivity contribution is 6.07. The molecule has 178 valence electrons. The van der Waals surface area contributed by atoms with E-state index >= 15 is 4.39 Å². The van der Waals surface area contributed by atoms with Gasteiger partial charge in [0.1, 0.15) is 29.7 Å². The number of hydrogen-bond acceptors (Lipinski definition) is 7. The number of carbonyl (C=O) groups excluding carboxylic acids is 1. The molecule has 5 rings (SSSR count). The van der Waals surface area contributed by atoms with Crippen LogP contribution >= 0.6 is 0 Å². The van der Waals surface area contributed by atoms with E-state index in [1.54, 1.807) is 18.3 Å². The first-order valence-electron chi connectivity index (χ1n) is 10.0. The number of anilines is 3. The van der Waals surface area contributed by atoms with Crippen LogP contribution in [0, 0.1) is 5.82 Å². The number of aromatic nitrogens is 6. The normalized spacial score (nSPS) is 11.8. The molecule has 0 saturated carbocycles. The monoisotopic (exact) mass is 485 g/mol. The lowest BCUT2D eigenvalue weighted by atomic mass is 10.0. The third-order valence-electron chi connectivity index (χ3n) is 5.06. The molecule has 0 saturated heterocycles. The highest BCUT2D eigenvalue weighted by Gasteiger charge is 2.29. The van der Waals surface area contributed by atoms with Gasteiger partial charge >= 0.3 is 6.18 Å². The van der Waals surface area contributed by atoms with Crippen LogP contribution in [0.15, 0.2) is 49.1 Å². The molecule has 0 radical (unpaired) electrons. The minimum atomic E-state index is -4.61. The number of benzene rings is 1. The summed E-state index contributed by atoms with van der Waals surface area (Å²) in [6, 6.07) is 7.44. The molecule has 4 aromatic heterocycles. The Kier molecular flexibility index (Phi) is 5.19. The van der Waals surface area contributed by atoms with E-state index in [4.69, 9.17) is 5.73 Å². The van der Waals surface area contributed by atoms with Gasteiger partial charge in [0, 0.05) is 18.0 Å². The Balaban J connectivity index is 1.54. The lowest BCUT2D eigenvalue weighted by Gasteiger charge is -2.11. The van der Waals surface area contributed by atoms with Crippen LogP contribution in [0.1, 0.15) is 10.4 Å². The Morgan fingerprint density at radius 3 is 2.77 bits per heavy atom. The zero-order valence-corrected chi connectivity index (χ0v) is 17.6. The first kappa shape index (κ1) is 22.1. The summed E-state index contributed by atoms with van der Waals surface area (Å²) in [5, 5.41) is 8.58. The molecule has 0 unspecified atom stereocenters. The van der Waals surface area contributed by atoms with Crippen molar-refractivity contribution in [2.45, 2.75) is 6.18 Å². The fraction of sp³-hybridized carbons (Fsp3) is 0.0952. The molecular formula is C21H15F4N9O. The number of aromatic amines is 1. The Morgan fingerprint density at radius 1 is 1.20 bits per heavy atom. The molecule has 0 spiro atoms. The van der Waals surface area contributed by atoms with Crippen molar-refractivity contribution in [1.82, 2.24) is 34.9 Å². The van der Waals surface area contributed by atoms with Crippen LogP contribution in [0.5, 0.6) is 0 Å². The van der Waals surface area contributed by atoms with Gasteiger partial charge in [0.05, 0.1) is 11.3 Å². The van der Waals surface area contributed by atoms with Gasteiger partial charge in [-0.15, -0.1) is 0 Å². The van der Waals surface area contributed by atoms with E-state index in [1.165, 1.54) is 22.8 Å². The average Bonchev–Trinajstić information content (AvgIpc) is 3.40. The van der Waals surface area contributed by atoms with E-state index in [0.29, 0.717) is 11.2 Å². The molecule has 10 nitrogen and oxygen atoms in total. The number of nitrogens with zero attached hydrogens (tertiary/aromatic N) is 5. The van der Waals surface area contributed by atoms with Crippen molar-refractivity contribution in [2.75, 3.05) is 17.6 Å². The fourth-order valence-corrected chi connectivity index (χ4v) is 3.58. The van der Waals surface area contributed by atoms with E-state index in [9.17, 15) is 18.0 Å². The second-order valence-corrected chi connectivity index (χ2v) is 7.43. The number of carbonyl (C=O) groups is 1. The topological polar surface area (TPSA) is 139 Å². The Labute approximate surface area is 193 Å². The highest BCUT2D eigenvalue weighted by Crippen LogP contribution is 2.34. The van der Waals surface area contributed by atoms with Crippen LogP contribution < -0.4 is 16.4 Å². The fourth-order valence-electron chi connectivity index (χ4n) is 3.58. The number of alkyl halides is 3. The quantitative estimate of drug-likeness (QED) is 0.280. The standard InChI is InChI=1S/C21H15F4N9O/c22-12-6-10(3-4-13(12)31-20-32-14-2-1-5-27-18(14)33-20)15-11(19(35)28-8-21(23,24)25)7-34-16(15)17(26)29-9-30-34/h1-7,9H,8H2,(H,28,35)(H2,26,29,30)(H2,27,31,32,33). The molecule has 5 aromatic rings. The summed E-state index contributed by atoms with van der Waals surface area (Å²) in [6.07, 6.45) is -0.696. The molecule has 0 fully saturated rings. The van der Waals surface area contributed by atoms with Gasteiger partial charge in [0.15, 0.2) is 11.5 Å². The number of H-pyrrole nitrogens is 1. The summed E-state index contributed by atoms with van der Waals surface area (Å²) in [5.41, 5.74) is 7.34. The van der Waals surface area contributed by atoms with Gasteiger partial charge in [-0.25, -0.2) is 23.9 Å². The van der Waals surface area contributed by atoms with Crippen molar-refractivity contribution in [3.8, 4) is 11.1 Å². The van der Waals surface area contributed by atoms with Crippen LogP contribution in [-0.4, -0.2) is 48.2 Å². The smallest absolute Gasteiger partial charge is 0.382 e. The molecule has 1 aromatic carbocycles. The largest absolute Gasteiger partial charge is 0.405 e. The lowest BCUT2D eigenvalue weighted by molar-refractivity contribution is -0.123. The number of nitrogens with two attached hydrogens (primary N) is 1. The van der Waals surface area contributed by atoms with Gasteiger partial charge in [-0.2, -0.15) is 18.3 Å². The van der Waals surface area contributed by atoms with Crippen molar-refractivity contribution in [3.63, 3.8) is 0 Å². The molecule has 4 heterocycles. The zero-order valence-electron chi connectivity index (χ0n) is 17.6. The number of pyridine rings is 1. The first-order chi connectivity index (χ1) is 16.7. The van der Waals surface area contributed by atoms with Crippen molar-refractivity contribution in [1.29, 1.82) is 0 Å². The third kappa shape index (κ3) is 4.28. The van der Waals surface area contributed by atoms with Crippen LogP contribution in [-0.2, 0) is 0 Å². The number of nitrogen functional groups attached to an aromatic ring is 1. The zero-order chi connectivity index (χ0) is 24.7. The molecule has 14 heteroatoms. The molecule has 0 atom stereocenters. The maximum atomic E-state index is 15.1. The second kappa shape index (κ2) is 8.23. The third-order valence-corrected chi connectivity index (χ3v) is 5.06. The maximum absolute atomic E-state index is 15.1. The van der Waals surface area contributed by atoms with Gasteiger partial charge in [-0.3, -0.25) is 4.79 Å². The molecule has 35 heavy (non-hydrogen) atoms. The molecular weight excluding hydrogens is 470 g/mol. The number of rotatable bonds is 5. The minimum absolute atomic E-state index is 0.0396. The summed E-state index contributed by atoms with van der Waals surface area (Å²) in [7, 11) is 0. The van der Waals surface area contributed by atoms with E-state index in [0.717, 1.165) is 12.4 Å². The van der Waals surface area contributed by atoms with Gasteiger partial charge in [0.25, 0.3) is 5.91 Å². The molecule has 5 N–H and O–H groups in total. The number of halogens is 4. The SMILES string of the molecule is Nc1ncnn2cc(C(=O)NCC(F)(F)F)c(-c3ccc(Nc4nc5cccnc5[nH]4)c(F)c3)c12. The molecule has 0 aliphatic heterocycles. The van der Waals surface area contributed by atoms with Gasteiger partial charge in [0.2, 0.25) is 5.95 Å². The summed E-state index contributed by atoms with van der Waals surface area (Å²) in [6.45, 7) is -1.54. The van der Waals surface area contributed by atoms with Crippen LogP contribution in [0.2, 0.25) is 0 Å². The Bertz CT molecular complexity index is 1540. The lowest BCUT2D eigenvalue weighted by Crippen LogP contribution is -2.33. The van der Waals surface area contributed by atoms with E-state index in [2.05, 4.69) is 30.4 Å². The van der Waals surface area contributed by atoms with Crippen LogP contribution in [0.25, 0.3) is 27.8 Å². The van der Waals surface area contributed by atoms with Gasteiger partial charge < -0.3 is 21.4 Å². The summed E-state index contributed by atoms with van der Waals surface area (Å²) >= 11 is 0. The summed E-state index contributed by atoms with van der Waals surface area (Å²) in [5.74, 6) is -1.53. The van der Waals surface area contributed by atoms with E-state index in [-0.39, 0.29) is 39.7 Å². The number of imidazole rings is 1.